The Morgan fingerprint density at radius 2 is 1.97 bits per heavy atom. The summed E-state index contributed by atoms with van der Waals surface area (Å²) >= 11 is 1.52. The number of carbonyl (C=O) groups excluding carboxylic acids is 1. The van der Waals surface area contributed by atoms with Crippen molar-refractivity contribution in [3.8, 4) is 16.9 Å². The van der Waals surface area contributed by atoms with Gasteiger partial charge in [-0.25, -0.2) is 9.97 Å². The summed E-state index contributed by atoms with van der Waals surface area (Å²) in [4.78, 5) is 32.1. The van der Waals surface area contributed by atoms with Gasteiger partial charge in [0, 0.05) is 36.0 Å². The third-order valence-electron chi connectivity index (χ3n) is 4.56. The number of aromatic hydroxyl groups is 1. The van der Waals surface area contributed by atoms with E-state index in [0.29, 0.717) is 5.82 Å². The van der Waals surface area contributed by atoms with Crippen LogP contribution in [0.2, 0.25) is 0 Å². The molecule has 0 atom stereocenters. The number of phenols is 1. The summed E-state index contributed by atoms with van der Waals surface area (Å²) < 4.78 is 0. The molecule has 0 saturated heterocycles. The maximum atomic E-state index is 12.3. The van der Waals surface area contributed by atoms with Crippen LogP contribution in [0.3, 0.4) is 0 Å². The lowest BCUT2D eigenvalue weighted by molar-refractivity contribution is -0.384. The summed E-state index contributed by atoms with van der Waals surface area (Å²) in [7, 11) is 0. The van der Waals surface area contributed by atoms with E-state index < -0.39 is 10.8 Å². The molecule has 10 heteroatoms. The van der Waals surface area contributed by atoms with Gasteiger partial charge in [0.1, 0.15) is 22.7 Å². The summed E-state index contributed by atoms with van der Waals surface area (Å²) in [5.41, 5.74) is 1.83. The van der Waals surface area contributed by atoms with Crippen molar-refractivity contribution in [3.05, 3.63) is 70.4 Å². The van der Waals surface area contributed by atoms with E-state index in [1.54, 1.807) is 0 Å². The summed E-state index contributed by atoms with van der Waals surface area (Å²) in [6.07, 6.45) is 1.54. The van der Waals surface area contributed by atoms with Crippen LogP contribution in [0.25, 0.3) is 21.3 Å². The molecule has 0 aliphatic carbocycles. The van der Waals surface area contributed by atoms with E-state index in [1.807, 2.05) is 35.7 Å². The van der Waals surface area contributed by atoms with Crippen LogP contribution in [0.1, 0.15) is 6.42 Å². The van der Waals surface area contributed by atoms with E-state index in [0.717, 1.165) is 33.5 Å². The van der Waals surface area contributed by atoms with Crippen LogP contribution in [0.15, 0.2) is 60.2 Å². The zero-order valence-corrected chi connectivity index (χ0v) is 16.9. The first-order chi connectivity index (χ1) is 15.0. The van der Waals surface area contributed by atoms with Gasteiger partial charge in [-0.15, -0.1) is 11.3 Å². The number of anilines is 2. The molecule has 0 radical (unpaired) electrons. The Balaban J connectivity index is 1.46. The lowest BCUT2D eigenvalue weighted by Gasteiger charge is -2.10. The first-order valence-electron chi connectivity index (χ1n) is 9.31. The zero-order chi connectivity index (χ0) is 21.8. The molecule has 2 heterocycles. The van der Waals surface area contributed by atoms with E-state index in [4.69, 9.17) is 0 Å². The first kappa shape index (κ1) is 20.2. The highest BCUT2D eigenvalue weighted by Crippen LogP contribution is 2.36. The topological polar surface area (TPSA) is 130 Å². The molecule has 9 nitrogen and oxygen atoms in total. The lowest BCUT2D eigenvalue weighted by Crippen LogP contribution is -2.17. The quantitative estimate of drug-likeness (QED) is 0.223. The molecule has 3 N–H and O–H groups in total. The highest BCUT2D eigenvalue weighted by Gasteiger charge is 2.15. The van der Waals surface area contributed by atoms with Gasteiger partial charge in [0.25, 0.3) is 5.69 Å². The summed E-state index contributed by atoms with van der Waals surface area (Å²) in [5.74, 6) is -0.0199. The number of nitrogens with zero attached hydrogens (tertiary/aromatic N) is 3. The maximum absolute atomic E-state index is 12.3. The zero-order valence-electron chi connectivity index (χ0n) is 16.1. The van der Waals surface area contributed by atoms with Crippen molar-refractivity contribution < 1.29 is 14.8 Å². The van der Waals surface area contributed by atoms with Crippen molar-refractivity contribution in [3.63, 3.8) is 0 Å². The Bertz CT molecular complexity index is 1260. The summed E-state index contributed by atoms with van der Waals surface area (Å²) in [6.45, 7) is 0.276. The number of aromatic nitrogens is 2. The highest BCUT2D eigenvalue weighted by molar-refractivity contribution is 7.17. The van der Waals surface area contributed by atoms with Crippen molar-refractivity contribution in [2.24, 2.45) is 0 Å². The molecule has 0 aliphatic heterocycles. The van der Waals surface area contributed by atoms with Gasteiger partial charge in [0.2, 0.25) is 5.91 Å². The van der Waals surface area contributed by atoms with Crippen molar-refractivity contribution in [2.45, 2.75) is 6.42 Å². The minimum absolute atomic E-state index is 0.00664. The number of nitrogens with one attached hydrogen (secondary N) is 2. The Morgan fingerprint density at radius 1 is 1.16 bits per heavy atom. The predicted molar refractivity (Wildman–Crippen MR) is 119 cm³/mol. The molecule has 0 bridgehead atoms. The van der Waals surface area contributed by atoms with Crippen LogP contribution in [0.5, 0.6) is 5.75 Å². The number of nitro groups is 1. The minimum Gasteiger partial charge on any atom is -0.506 e. The number of non-ortho nitro benzene ring substituents is 1. The number of amides is 1. The summed E-state index contributed by atoms with van der Waals surface area (Å²) in [5, 5.41) is 29.3. The number of hydrogen-bond donors (Lipinski definition) is 3. The van der Waals surface area contributed by atoms with E-state index in [2.05, 4.69) is 20.6 Å². The number of rotatable bonds is 7. The molecule has 4 aromatic rings. The molecular formula is C21H17N5O4S. The van der Waals surface area contributed by atoms with Crippen LogP contribution in [-0.2, 0) is 4.79 Å². The SMILES string of the molecule is O=C(CCNc1ncnc2scc(-c3ccccc3)c12)Nc1cc([N+](=O)[O-])ccc1O. The second-order valence-electron chi connectivity index (χ2n) is 6.60. The van der Waals surface area contributed by atoms with Gasteiger partial charge in [0.15, 0.2) is 0 Å². The molecule has 0 saturated carbocycles. The van der Waals surface area contributed by atoms with Gasteiger partial charge < -0.3 is 15.7 Å². The van der Waals surface area contributed by atoms with Gasteiger partial charge in [-0.2, -0.15) is 0 Å². The van der Waals surface area contributed by atoms with Crippen LogP contribution < -0.4 is 10.6 Å². The number of fused-ring (bicyclic) bond motifs is 1. The van der Waals surface area contributed by atoms with E-state index in [1.165, 1.54) is 23.7 Å². The number of thiophene rings is 1. The molecule has 2 aromatic heterocycles. The normalized spacial score (nSPS) is 10.7. The number of phenolic OH excluding ortho intramolecular Hbond substituents is 1. The maximum Gasteiger partial charge on any atom is 0.271 e. The standard InChI is InChI=1S/C21H17N5O4S/c27-17-7-6-14(26(29)30)10-16(17)25-18(28)8-9-22-20-19-15(13-4-2-1-3-5-13)11-31-21(19)24-12-23-20/h1-7,10-12,27H,8-9H2,(H,25,28)(H,22,23,24). The summed E-state index contributed by atoms with van der Waals surface area (Å²) in [6, 6.07) is 13.3. The Hall–Kier alpha value is -4.05. The molecule has 4 rings (SSSR count). The van der Waals surface area contributed by atoms with Crippen molar-refractivity contribution in [1.82, 2.24) is 9.97 Å². The smallest absolute Gasteiger partial charge is 0.271 e. The van der Waals surface area contributed by atoms with E-state index in [9.17, 15) is 20.0 Å². The van der Waals surface area contributed by atoms with Crippen molar-refractivity contribution in [2.75, 3.05) is 17.2 Å². The highest BCUT2D eigenvalue weighted by atomic mass is 32.1. The average Bonchev–Trinajstić information content (AvgIpc) is 3.21. The number of benzene rings is 2. The monoisotopic (exact) mass is 435 g/mol. The van der Waals surface area contributed by atoms with Gasteiger partial charge in [-0.1, -0.05) is 30.3 Å². The fourth-order valence-corrected chi connectivity index (χ4v) is 4.00. The third kappa shape index (κ3) is 4.43. The molecule has 0 spiro atoms. The minimum atomic E-state index is -0.595. The van der Waals surface area contributed by atoms with Gasteiger partial charge >= 0.3 is 0 Å². The third-order valence-corrected chi connectivity index (χ3v) is 5.45. The van der Waals surface area contributed by atoms with Gasteiger partial charge in [0.05, 0.1) is 16.0 Å². The molecule has 1 amide bonds. The number of hydrogen-bond acceptors (Lipinski definition) is 8. The van der Waals surface area contributed by atoms with E-state index >= 15 is 0 Å². The van der Waals surface area contributed by atoms with Crippen molar-refractivity contribution >= 4 is 44.7 Å². The molecule has 0 unspecified atom stereocenters. The van der Waals surface area contributed by atoms with Gasteiger partial charge in [-0.05, 0) is 11.6 Å². The molecular weight excluding hydrogens is 418 g/mol. The fourth-order valence-electron chi connectivity index (χ4n) is 3.08. The first-order valence-corrected chi connectivity index (χ1v) is 10.2. The molecule has 31 heavy (non-hydrogen) atoms. The van der Waals surface area contributed by atoms with Crippen molar-refractivity contribution in [1.29, 1.82) is 0 Å². The fraction of sp³-hybridized carbons (Fsp3) is 0.0952. The second-order valence-corrected chi connectivity index (χ2v) is 7.46. The second kappa shape index (κ2) is 8.76. The molecule has 2 aromatic carbocycles. The van der Waals surface area contributed by atoms with Crippen LogP contribution in [0.4, 0.5) is 17.2 Å². The molecule has 156 valence electrons. The Labute approximate surface area is 180 Å². The average molecular weight is 435 g/mol. The largest absolute Gasteiger partial charge is 0.506 e. The van der Waals surface area contributed by atoms with Crippen LogP contribution in [0, 0.1) is 10.1 Å². The molecule has 0 aliphatic rings. The van der Waals surface area contributed by atoms with Crippen LogP contribution >= 0.6 is 11.3 Å². The lowest BCUT2D eigenvalue weighted by atomic mass is 10.1. The number of carbonyl (C=O) groups is 1. The van der Waals surface area contributed by atoms with Gasteiger partial charge in [-0.3, -0.25) is 14.9 Å². The molecule has 0 fully saturated rings. The van der Waals surface area contributed by atoms with Crippen LogP contribution in [-0.4, -0.2) is 32.4 Å². The number of nitro benzene ring substituents is 1. The Morgan fingerprint density at radius 3 is 2.74 bits per heavy atom. The Kier molecular flexibility index (Phi) is 5.72. The van der Waals surface area contributed by atoms with E-state index in [-0.39, 0.29) is 30.1 Å². The predicted octanol–water partition coefficient (Wildman–Crippen LogP) is 4.41.